The molecule has 2 atom stereocenters. The molecule has 0 aromatic heterocycles. The second-order valence-electron chi connectivity index (χ2n) is 2.08. The molecule has 0 aliphatic heterocycles. The van der Waals surface area contributed by atoms with Crippen LogP contribution in [-0.4, -0.2) is 15.0 Å². The first-order valence-corrected chi connectivity index (χ1v) is 3.90. The van der Waals surface area contributed by atoms with Crippen LogP contribution in [0, 0.1) is 5.92 Å². The summed E-state index contributed by atoms with van der Waals surface area (Å²) in [7, 11) is 0. The van der Waals surface area contributed by atoms with Crippen LogP contribution in [0.25, 0.3) is 0 Å². The van der Waals surface area contributed by atoms with E-state index in [1.165, 1.54) is 6.08 Å². The van der Waals surface area contributed by atoms with E-state index in [2.05, 4.69) is 6.58 Å². The van der Waals surface area contributed by atoms with E-state index in [0.717, 1.165) is 0 Å². The second kappa shape index (κ2) is 3.82. The summed E-state index contributed by atoms with van der Waals surface area (Å²) in [5.74, 6) is -0.215. The van der Waals surface area contributed by atoms with Crippen LogP contribution in [-0.2, 0) is 0 Å². The minimum absolute atomic E-state index is 0.215. The molecule has 0 aromatic carbocycles. The van der Waals surface area contributed by atoms with Gasteiger partial charge in [0.05, 0.1) is 0 Å². The molecule has 1 N–H and O–H groups in total. The van der Waals surface area contributed by atoms with Gasteiger partial charge >= 0.3 is 0 Å². The van der Waals surface area contributed by atoms with Crippen LogP contribution in [0.15, 0.2) is 12.7 Å². The number of aliphatic hydroxyl groups is 1. The Kier molecular flexibility index (Phi) is 4.03. The van der Waals surface area contributed by atoms with Crippen molar-refractivity contribution in [3.63, 3.8) is 0 Å². The maximum atomic E-state index is 9.19. The maximum absolute atomic E-state index is 9.19. The lowest BCUT2D eigenvalue weighted by Gasteiger charge is -2.22. The van der Waals surface area contributed by atoms with Gasteiger partial charge in [0.2, 0.25) is 3.79 Å². The molecular formula is C6H9Cl3O. The molecule has 0 amide bonds. The Labute approximate surface area is 75.6 Å². The lowest BCUT2D eigenvalue weighted by atomic mass is 10.1. The number of alkyl halides is 3. The Bertz CT molecular complexity index is 119. The summed E-state index contributed by atoms with van der Waals surface area (Å²) in [6.07, 6.45) is 0.544. The number of halogens is 3. The van der Waals surface area contributed by atoms with E-state index in [1.54, 1.807) is 6.92 Å². The van der Waals surface area contributed by atoms with Crippen molar-refractivity contribution >= 4 is 34.8 Å². The number of aliphatic hydroxyl groups excluding tert-OH is 1. The van der Waals surface area contributed by atoms with Gasteiger partial charge in [-0.15, -0.1) is 6.58 Å². The van der Waals surface area contributed by atoms with Gasteiger partial charge in [-0.3, -0.25) is 0 Å². The van der Waals surface area contributed by atoms with Crippen LogP contribution in [0.5, 0.6) is 0 Å². The summed E-state index contributed by atoms with van der Waals surface area (Å²) in [6.45, 7) is 5.18. The van der Waals surface area contributed by atoms with Crippen LogP contribution in [0.4, 0.5) is 0 Å². The van der Waals surface area contributed by atoms with Gasteiger partial charge in [-0.05, 0) is 0 Å². The quantitative estimate of drug-likeness (QED) is 0.540. The summed E-state index contributed by atoms with van der Waals surface area (Å²) in [6, 6.07) is 0. The monoisotopic (exact) mass is 202 g/mol. The van der Waals surface area contributed by atoms with E-state index < -0.39 is 9.90 Å². The predicted octanol–water partition coefficient (Wildman–Crippen LogP) is 2.54. The fourth-order valence-electron chi connectivity index (χ4n) is 0.427. The fraction of sp³-hybridized carbons (Fsp3) is 0.667. The molecule has 4 heteroatoms. The first-order valence-electron chi connectivity index (χ1n) is 2.77. The molecule has 0 bridgehead atoms. The van der Waals surface area contributed by atoms with E-state index in [9.17, 15) is 5.11 Å². The number of hydrogen-bond donors (Lipinski definition) is 1. The molecule has 0 saturated carbocycles. The minimum Gasteiger partial charge on any atom is -0.388 e. The Morgan fingerprint density at radius 1 is 1.50 bits per heavy atom. The molecule has 0 fully saturated rings. The lowest BCUT2D eigenvalue weighted by Crippen LogP contribution is -2.30. The topological polar surface area (TPSA) is 20.2 Å². The largest absolute Gasteiger partial charge is 0.388 e. The van der Waals surface area contributed by atoms with Gasteiger partial charge in [0.15, 0.2) is 0 Å². The highest BCUT2D eigenvalue weighted by molar-refractivity contribution is 6.68. The van der Waals surface area contributed by atoms with Crippen LogP contribution >= 0.6 is 34.8 Å². The summed E-state index contributed by atoms with van der Waals surface area (Å²) in [5, 5.41) is 9.19. The minimum atomic E-state index is -1.62. The smallest absolute Gasteiger partial charge is 0.216 e. The Morgan fingerprint density at radius 3 is 2.00 bits per heavy atom. The Morgan fingerprint density at radius 2 is 1.90 bits per heavy atom. The molecule has 0 saturated heterocycles. The van der Waals surface area contributed by atoms with Gasteiger partial charge in [-0.25, -0.2) is 0 Å². The van der Waals surface area contributed by atoms with Gasteiger partial charge in [0, 0.05) is 5.92 Å². The van der Waals surface area contributed by atoms with E-state index >= 15 is 0 Å². The van der Waals surface area contributed by atoms with Crippen LogP contribution in [0.1, 0.15) is 6.92 Å². The molecule has 60 valence electrons. The first kappa shape index (κ1) is 10.6. The van der Waals surface area contributed by atoms with Gasteiger partial charge in [-0.1, -0.05) is 47.8 Å². The Balaban J connectivity index is 4.07. The van der Waals surface area contributed by atoms with Gasteiger partial charge < -0.3 is 5.11 Å². The van der Waals surface area contributed by atoms with E-state index in [1.807, 2.05) is 0 Å². The molecule has 0 rings (SSSR count). The van der Waals surface area contributed by atoms with Crippen molar-refractivity contribution in [2.24, 2.45) is 5.92 Å². The SMILES string of the molecule is C=C[C@@H](C)[C@H](O)C(Cl)(Cl)Cl. The zero-order valence-corrected chi connectivity index (χ0v) is 7.79. The van der Waals surface area contributed by atoms with Crippen molar-refractivity contribution in [2.75, 3.05) is 0 Å². The van der Waals surface area contributed by atoms with E-state index in [0.29, 0.717) is 0 Å². The molecule has 0 unspecified atom stereocenters. The molecule has 0 aliphatic rings. The van der Waals surface area contributed by atoms with Crippen molar-refractivity contribution in [3.8, 4) is 0 Å². The third kappa shape index (κ3) is 3.11. The van der Waals surface area contributed by atoms with Crippen LogP contribution in [0.3, 0.4) is 0 Å². The van der Waals surface area contributed by atoms with Crippen molar-refractivity contribution in [2.45, 2.75) is 16.8 Å². The van der Waals surface area contributed by atoms with E-state index in [-0.39, 0.29) is 5.92 Å². The Hall–Kier alpha value is 0.570. The lowest BCUT2D eigenvalue weighted by molar-refractivity contribution is 0.142. The molecule has 1 nitrogen and oxygen atoms in total. The van der Waals surface area contributed by atoms with Gasteiger partial charge in [0.25, 0.3) is 0 Å². The van der Waals surface area contributed by atoms with Crippen molar-refractivity contribution in [1.29, 1.82) is 0 Å². The molecule has 0 heterocycles. The average Bonchev–Trinajstić information content (AvgIpc) is 1.83. The maximum Gasteiger partial charge on any atom is 0.216 e. The number of rotatable bonds is 2. The molecule has 0 spiro atoms. The standard InChI is InChI=1S/C6H9Cl3O/c1-3-4(2)5(10)6(7,8)9/h3-5,10H,1H2,2H3/t4-,5+/m1/s1. The molecule has 0 radical (unpaired) electrons. The zero-order valence-electron chi connectivity index (χ0n) is 5.52. The third-order valence-corrected chi connectivity index (χ3v) is 1.88. The highest BCUT2D eigenvalue weighted by atomic mass is 35.6. The highest BCUT2D eigenvalue weighted by Gasteiger charge is 2.33. The first-order chi connectivity index (χ1) is 4.39. The molecule has 0 aromatic rings. The highest BCUT2D eigenvalue weighted by Crippen LogP contribution is 2.33. The van der Waals surface area contributed by atoms with Crippen molar-refractivity contribution in [1.82, 2.24) is 0 Å². The van der Waals surface area contributed by atoms with Crippen molar-refractivity contribution < 1.29 is 5.11 Å². The van der Waals surface area contributed by atoms with Gasteiger partial charge in [0.1, 0.15) is 6.10 Å². The van der Waals surface area contributed by atoms with E-state index in [4.69, 9.17) is 34.8 Å². The predicted molar refractivity (Wildman–Crippen MR) is 45.7 cm³/mol. The van der Waals surface area contributed by atoms with Gasteiger partial charge in [-0.2, -0.15) is 0 Å². The summed E-state index contributed by atoms with van der Waals surface area (Å²) < 4.78 is -1.62. The summed E-state index contributed by atoms with van der Waals surface area (Å²) in [5.41, 5.74) is 0. The molecule has 10 heavy (non-hydrogen) atoms. The summed E-state index contributed by atoms with van der Waals surface area (Å²) in [4.78, 5) is 0. The zero-order chi connectivity index (χ0) is 8.36. The normalized spacial score (nSPS) is 18.1. The molecule has 0 aliphatic carbocycles. The number of hydrogen-bond acceptors (Lipinski definition) is 1. The second-order valence-corrected chi connectivity index (χ2v) is 4.45. The van der Waals surface area contributed by atoms with Crippen molar-refractivity contribution in [3.05, 3.63) is 12.7 Å². The molecular weight excluding hydrogens is 194 g/mol. The van der Waals surface area contributed by atoms with Crippen LogP contribution in [0.2, 0.25) is 0 Å². The summed E-state index contributed by atoms with van der Waals surface area (Å²) >= 11 is 16.2. The third-order valence-electron chi connectivity index (χ3n) is 1.21. The fourth-order valence-corrected chi connectivity index (χ4v) is 1.02. The average molecular weight is 203 g/mol. The van der Waals surface area contributed by atoms with Crippen LogP contribution < -0.4 is 0 Å².